The predicted octanol–water partition coefficient (Wildman–Crippen LogP) is 2.33. The second kappa shape index (κ2) is 6.07. The highest BCUT2D eigenvalue weighted by Crippen LogP contribution is 2.24. The van der Waals surface area contributed by atoms with Crippen molar-refractivity contribution >= 4 is 21.2 Å². The van der Waals surface area contributed by atoms with E-state index in [2.05, 4.69) is 5.32 Å². The molecule has 0 aromatic heterocycles. The summed E-state index contributed by atoms with van der Waals surface area (Å²) in [6.45, 7) is 0.615. The molecule has 0 unspecified atom stereocenters. The number of nitrogens with two attached hydrogens (primary N) is 1. The fraction of sp³-hybridized carbons (Fsp3) is 0.200. The number of hydrogen-bond acceptors (Lipinski definition) is 4. The maximum Gasteiger partial charge on any atom is 0.177 e. The average molecular weight is 290 g/mol. The number of nitrogens with one attached hydrogen (secondary N) is 1. The van der Waals surface area contributed by atoms with Gasteiger partial charge in [-0.25, -0.2) is 8.42 Å². The minimum atomic E-state index is -3.25. The van der Waals surface area contributed by atoms with Gasteiger partial charge in [-0.3, -0.25) is 0 Å². The van der Waals surface area contributed by atoms with Gasteiger partial charge in [0, 0.05) is 11.9 Å². The molecule has 20 heavy (non-hydrogen) atoms. The lowest BCUT2D eigenvalue weighted by Crippen LogP contribution is -2.03. The van der Waals surface area contributed by atoms with Crippen LogP contribution in [0.25, 0.3) is 0 Å². The van der Waals surface area contributed by atoms with Crippen LogP contribution >= 0.6 is 0 Å². The molecule has 4 nitrogen and oxygen atoms in total. The predicted molar refractivity (Wildman–Crippen MR) is 82.0 cm³/mol. The summed E-state index contributed by atoms with van der Waals surface area (Å²) in [5.74, 6) is 0. The normalized spacial score (nSPS) is 11.3. The Morgan fingerprint density at radius 1 is 1.05 bits per heavy atom. The molecule has 0 amide bonds. The van der Waals surface area contributed by atoms with E-state index in [0.29, 0.717) is 17.1 Å². The molecular weight excluding hydrogens is 272 g/mol. The third-order valence-electron chi connectivity index (χ3n) is 2.95. The van der Waals surface area contributed by atoms with Crippen molar-refractivity contribution in [2.75, 3.05) is 18.1 Å². The Hall–Kier alpha value is -1.85. The topological polar surface area (TPSA) is 72.2 Å². The molecule has 0 fully saturated rings. The van der Waals surface area contributed by atoms with Gasteiger partial charge in [-0.2, -0.15) is 0 Å². The van der Waals surface area contributed by atoms with Crippen LogP contribution in [0.15, 0.2) is 53.4 Å². The van der Waals surface area contributed by atoms with E-state index in [1.54, 1.807) is 24.3 Å². The number of rotatable bonds is 5. The van der Waals surface area contributed by atoms with Gasteiger partial charge in [0.2, 0.25) is 0 Å². The van der Waals surface area contributed by atoms with E-state index in [9.17, 15) is 8.42 Å². The minimum absolute atomic E-state index is 0.297. The lowest BCUT2D eigenvalue weighted by Gasteiger charge is -2.11. The third kappa shape index (κ3) is 3.59. The van der Waals surface area contributed by atoms with Crippen molar-refractivity contribution in [3.05, 3.63) is 54.1 Å². The summed E-state index contributed by atoms with van der Waals surface area (Å²) in [6, 6.07) is 14.7. The maximum absolute atomic E-state index is 11.7. The molecule has 0 aliphatic rings. The zero-order valence-corrected chi connectivity index (χ0v) is 12.2. The van der Waals surface area contributed by atoms with Gasteiger partial charge in [-0.15, -0.1) is 0 Å². The molecule has 0 heterocycles. The molecule has 2 rings (SSSR count). The quantitative estimate of drug-likeness (QED) is 0.886. The van der Waals surface area contributed by atoms with E-state index in [1.807, 2.05) is 24.3 Å². The molecule has 106 valence electrons. The lowest BCUT2D eigenvalue weighted by molar-refractivity contribution is 0.602. The largest absolute Gasteiger partial charge is 0.354 e. The van der Waals surface area contributed by atoms with Gasteiger partial charge in [0.05, 0.1) is 10.6 Å². The van der Waals surface area contributed by atoms with Gasteiger partial charge in [-0.1, -0.05) is 24.3 Å². The van der Waals surface area contributed by atoms with Crippen LogP contribution in [0.1, 0.15) is 5.56 Å². The second-order valence-electron chi connectivity index (χ2n) is 4.63. The van der Waals surface area contributed by atoms with Crippen LogP contribution in [0.4, 0.5) is 11.4 Å². The van der Waals surface area contributed by atoms with Crippen molar-refractivity contribution in [2.45, 2.75) is 11.3 Å². The molecule has 2 aromatic rings. The van der Waals surface area contributed by atoms with Crippen molar-refractivity contribution < 1.29 is 8.42 Å². The van der Waals surface area contributed by atoms with E-state index in [1.165, 1.54) is 6.26 Å². The van der Waals surface area contributed by atoms with Gasteiger partial charge < -0.3 is 11.1 Å². The Labute approximate surface area is 119 Å². The average Bonchev–Trinajstić information content (AvgIpc) is 2.41. The number of para-hydroxylation sites is 1. The first-order valence-electron chi connectivity index (χ1n) is 6.36. The van der Waals surface area contributed by atoms with Crippen LogP contribution in [0.2, 0.25) is 0 Å². The number of benzene rings is 2. The standard InChI is InChI=1S/C15H18N2O2S/c1-20(18,19)15-5-3-2-4-14(15)17-13-8-6-12(7-9-13)10-11-16/h2-9,17H,10-11,16H2,1H3. The van der Waals surface area contributed by atoms with Crippen molar-refractivity contribution in [1.82, 2.24) is 0 Å². The lowest BCUT2D eigenvalue weighted by atomic mass is 10.1. The fourth-order valence-corrected chi connectivity index (χ4v) is 2.81. The van der Waals surface area contributed by atoms with Crippen LogP contribution < -0.4 is 11.1 Å². The second-order valence-corrected chi connectivity index (χ2v) is 6.61. The Morgan fingerprint density at radius 3 is 2.30 bits per heavy atom. The van der Waals surface area contributed by atoms with Gasteiger partial charge in [0.15, 0.2) is 9.84 Å². The summed E-state index contributed by atoms with van der Waals surface area (Å²) in [6.07, 6.45) is 2.04. The van der Waals surface area contributed by atoms with Crippen molar-refractivity contribution in [3.63, 3.8) is 0 Å². The summed E-state index contributed by atoms with van der Waals surface area (Å²) < 4.78 is 23.5. The Morgan fingerprint density at radius 2 is 1.70 bits per heavy atom. The molecule has 0 saturated carbocycles. The molecule has 0 saturated heterocycles. The molecule has 0 bridgehead atoms. The molecular formula is C15H18N2O2S. The Kier molecular flexibility index (Phi) is 4.42. The number of sulfone groups is 1. The maximum atomic E-state index is 11.7. The molecule has 0 radical (unpaired) electrons. The van der Waals surface area contributed by atoms with E-state index >= 15 is 0 Å². The van der Waals surface area contributed by atoms with Crippen molar-refractivity contribution in [2.24, 2.45) is 5.73 Å². The van der Waals surface area contributed by atoms with Gasteiger partial charge in [0.25, 0.3) is 0 Å². The molecule has 0 aliphatic heterocycles. The Bertz CT molecular complexity index is 679. The first-order valence-corrected chi connectivity index (χ1v) is 8.25. The summed E-state index contributed by atoms with van der Waals surface area (Å²) in [4.78, 5) is 0.297. The van der Waals surface area contributed by atoms with E-state index < -0.39 is 9.84 Å². The number of hydrogen-bond donors (Lipinski definition) is 2. The molecule has 5 heteroatoms. The van der Waals surface area contributed by atoms with Crippen LogP contribution in [0.5, 0.6) is 0 Å². The molecule has 0 aliphatic carbocycles. The first kappa shape index (κ1) is 14.6. The monoisotopic (exact) mass is 290 g/mol. The molecule has 2 aromatic carbocycles. The van der Waals surface area contributed by atoms with Gasteiger partial charge in [0.1, 0.15) is 0 Å². The smallest absolute Gasteiger partial charge is 0.177 e. The van der Waals surface area contributed by atoms with Crippen molar-refractivity contribution in [3.8, 4) is 0 Å². The van der Waals surface area contributed by atoms with Crippen LogP contribution in [0, 0.1) is 0 Å². The molecule has 0 spiro atoms. The van der Waals surface area contributed by atoms with E-state index in [4.69, 9.17) is 5.73 Å². The molecule has 0 atom stereocenters. The Balaban J connectivity index is 2.26. The summed E-state index contributed by atoms with van der Waals surface area (Å²) >= 11 is 0. The summed E-state index contributed by atoms with van der Waals surface area (Å²) in [5, 5.41) is 3.14. The van der Waals surface area contributed by atoms with Gasteiger partial charge >= 0.3 is 0 Å². The summed E-state index contributed by atoms with van der Waals surface area (Å²) in [5.41, 5.74) is 8.10. The zero-order valence-electron chi connectivity index (χ0n) is 11.3. The van der Waals surface area contributed by atoms with Crippen LogP contribution in [-0.4, -0.2) is 21.2 Å². The van der Waals surface area contributed by atoms with Gasteiger partial charge in [-0.05, 0) is 42.8 Å². The van der Waals surface area contributed by atoms with E-state index in [-0.39, 0.29) is 0 Å². The summed E-state index contributed by atoms with van der Waals surface area (Å²) in [7, 11) is -3.25. The third-order valence-corrected chi connectivity index (χ3v) is 4.11. The SMILES string of the molecule is CS(=O)(=O)c1ccccc1Nc1ccc(CCN)cc1. The minimum Gasteiger partial charge on any atom is -0.354 e. The first-order chi connectivity index (χ1) is 9.50. The van der Waals surface area contributed by atoms with Crippen LogP contribution in [0.3, 0.4) is 0 Å². The van der Waals surface area contributed by atoms with Crippen molar-refractivity contribution in [1.29, 1.82) is 0 Å². The molecule has 3 N–H and O–H groups in total. The highest BCUT2D eigenvalue weighted by Gasteiger charge is 2.12. The zero-order chi connectivity index (χ0) is 14.6. The fourth-order valence-electron chi connectivity index (χ4n) is 1.97. The van der Waals surface area contributed by atoms with E-state index in [0.717, 1.165) is 17.7 Å². The van der Waals surface area contributed by atoms with Crippen LogP contribution in [-0.2, 0) is 16.3 Å². The number of anilines is 2. The highest BCUT2D eigenvalue weighted by molar-refractivity contribution is 7.90. The highest BCUT2D eigenvalue weighted by atomic mass is 32.2.